The average molecular weight is 455 g/mol. The van der Waals surface area contributed by atoms with Gasteiger partial charge in [-0.05, 0) is 63.4 Å². The van der Waals surface area contributed by atoms with Gasteiger partial charge in [-0.3, -0.25) is 0 Å². The lowest BCUT2D eigenvalue weighted by atomic mass is 10.1. The van der Waals surface area contributed by atoms with Gasteiger partial charge < -0.3 is 9.22 Å². The molecule has 0 fully saturated rings. The summed E-state index contributed by atoms with van der Waals surface area (Å²) >= 11 is 0. The maximum absolute atomic E-state index is 5.99. The Morgan fingerprint density at radius 3 is 1.85 bits per heavy atom. The molecule has 0 saturated heterocycles. The molecular formula is C29H48N3O+. The van der Waals surface area contributed by atoms with Crippen LogP contribution in [0.4, 0.5) is 0 Å². The molecule has 0 spiro atoms. The summed E-state index contributed by atoms with van der Waals surface area (Å²) in [7, 11) is 0. The second kappa shape index (κ2) is 15.8. The summed E-state index contributed by atoms with van der Waals surface area (Å²) in [5.41, 5.74) is 2.28. The van der Waals surface area contributed by atoms with E-state index in [0.29, 0.717) is 0 Å². The van der Waals surface area contributed by atoms with Crippen LogP contribution in [0.1, 0.15) is 91.0 Å². The molecule has 1 aromatic carbocycles. The highest BCUT2D eigenvalue weighted by Crippen LogP contribution is 2.20. The Hall–Kier alpha value is -1.94. The molecule has 0 aliphatic rings. The van der Waals surface area contributed by atoms with E-state index in [1.165, 1.54) is 87.6 Å². The van der Waals surface area contributed by atoms with Gasteiger partial charge in [0.25, 0.3) is 0 Å². The summed E-state index contributed by atoms with van der Waals surface area (Å²) in [6.07, 6.45) is 16.9. The van der Waals surface area contributed by atoms with Gasteiger partial charge in [-0.25, -0.2) is 9.97 Å². The highest BCUT2D eigenvalue weighted by Gasteiger charge is 2.19. The van der Waals surface area contributed by atoms with E-state index in [4.69, 9.17) is 4.74 Å². The summed E-state index contributed by atoms with van der Waals surface area (Å²) < 4.78 is 7.16. The summed E-state index contributed by atoms with van der Waals surface area (Å²) in [6, 6.07) is 8.20. The topological polar surface area (TPSA) is 35.0 Å². The Labute approximate surface area is 203 Å². The Morgan fingerprint density at radius 1 is 0.697 bits per heavy atom. The Kier molecular flexibility index (Phi) is 13.1. The molecule has 0 amide bonds. The van der Waals surface area contributed by atoms with Crippen molar-refractivity contribution in [3.63, 3.8) is 0 Å². The van der Waals surface area contributed by atoms with Gasteiger partial charge in [-0.1, -0.05) is 51.9 Å². The maximum Gasteiger partial charge on any atom is 0.159 e. The Bertz CT molecular complexity index is 730. The number of hydrogen-bond donors (Lipinski definition) is 0. The molecule has 4 nitrogen and oxygen atoms in total. The van der Waals surface area contributed by atoms with Gasteiger partial charge in [0, 0.05) is 24.4 Å². The van der Waals surface area contributed by atoms with Crippen molar-refractivity contribution >= 4 is 0 Å². The van der Waals surface area contributed by atoms with Crippen molar-refractivity contribution < 1.29 is 9.22 Å². The van der Waals surface area contributed by atoms with Gasteiger partial charge in [0.1, 0.15) is 5.75 Å². The van der Waals surface area contributed by atoms with Crippen molar-refractivity contribution in [3.8, 4) is 17.1 Å². The minimum Gasteiger partial charge on any atom is -0.493 e. The van der Waals surface area contributed by atoms with Gasteiger partial charge >= 0.3 is 0 Å². The first-order chi connectivity index (χ1) is 16.2. The van der Waals surface area contributed by atoms with Crippen LogP contribution < -0.4 is 4.74 Å². The zero-order valence-electron chi connectivity index (χ0n) is 21.8. The molecule has 33 heavy (non-hydrogen) atoms. The highest BCUT2D eigenvalue weighted by molar-refractivity contribution is 5.55. The number of hydrogen-bond acceptors (Lipinski definition) is 3. The molecule has 0 saturated carbocycles. The number of aromatic nitrogens is 2. The molecule has 0 aliphatic heterocycles. The van der Waals surface area contributed by atoms with Gasteiger partial charge in [0.15, 0.2) is 5.82 Å². The van der Waals surface area contributed by atoms with E-state index < -0.39 is 0 Å². The molecule has 1 heterocycles. The number of quaternary nitrogens is 1. The number of aryl methyl sites for hydroxylation is 1. The number of rotatable bonds is 18. The largest absolute Gasteiger partial charge is 0.493 e. The monoisotopic (exact) mass is 454 g/mol. The average Bonchev–Trinajstić information content (AvgIpc) is 2.87. The van der Waals surface area contributed by atoms with Crippen LogP contribution in [0.15, 0.2) is 36.7 Å². The first-order valence-electron chi connectivity index (χ1n) is 13.6. The van der Waals surface area contributed by atoms with E-state index in [2.05, 4.69) is 49.8 Å². The highest BCUT2D eigenvalue weighted by atomic mass is 16.5. The van der Waals surface area contributed by atoms with E-state index >= 15 is 0 Å². The second-order valence-corrected chi connectivity index (χ2v) is 9.38. The fourth-order valence-electron chi connectivity index (χ4n) is 4.53. The minimum absolute atomic E-state index is 0.767. The van der Waals surface area contributed by atoms with Crippen LogP contribution in [-0.2, 0) is 6.42 Å². The third kappa shape index (κ3) is 9.83. The van der Waals surface area contributed by atoms with Crippen molar-refractivity contribution in [2.45, 2.75) is 91.9 Å². The fourth-order valence-corrected chi connectivity index (χ4v) is 4.53. The second-order valence-electron chi connectivity index (χ2n) is 9.38. The van der Waals surface area contributed by atoms with E-state index in [1.54, 1.807) is 0 Å². The van der Waals surface area contributed by atoms with Crippen molar-refractivity contribution in [1.82, 2.24) is 9.97 Å². The molecule has 0 bridgehead atoms. The van der Waals surface area contributed by atoms with Crippen LogP contribution in [0.25, 0.3) is 11.4 Å². The molecule has 0 atom stereocenters. The summed E-state index contributed by atoms with van der Waals surface area (Å²) in [5, 5.41) is 0. The molecule has 0 N–H and O–H groups in total. The van der Waals surface area contributed by atoms with E-state index in [-0.39, 0.29) is 0 Å². The van der Waals surface area contributed by atoms with Crippen LogP contribution in [0.3, 0.4) is 0 Å². The predicted octanol–water partition coefficient (Wildman–Crippen LogP) is 7.47. The van der Waals surface area contributed by atoms with E-state index in [0.717, 1.165) is 36.6 Å². The van der Waals surface area contributed by atoms with Crippen molar-refractivity contribution in [2.24, 2.45) is 0 Å². The van der Waals surface area contributed by atoms with Crippen molar-refractivity contribution in [2.75, 3.05) is 32.8 Å². The first kappa shape index (κ1) is 27.3. The number of ether oxygens (including phenoxy) is 1. The van der Waals surface area contributed by atoms with Crippen LogP contribution in [0.5, 0.6) is 5.75 Å². The molecule has 2 rings (SSSR count). The summed E-state index contributed by atoms with van der Waals surface area (Å²) in [5.74, 6) is 1.71. The SMILES string of the molecule is CCCCCCCCCCc1cnc(-c2ccc(OCCC[N+](CC)(CC)CC)cc2)nc1. The third-order valence-corrected chi connectivity index (χ3v) is 7.19. The zero-order valence-corrected chi connectivity index (χ0v) is 21.8. The molecule has 0 unspecified atom stereocenters. The fraction of sp³-hybridized carbons (Fsp3) is 0.655. The number of unbranched alkanes of at least 4 members (excludes halogenated alkanes) is 7. The Balaban J connectivity index is 1.70. The minimum atomic E-state index is 0.767. The predicted molar refractivity (Wildman–Crippen MR) is 141 cm³/mol. The molecule has 4 heteroatoms. The zero-order chi connectivity index (χ0) is 23.8. The quantitative estimate of drug-likeness (QED) is 0.173. The van der Waals surface area contributed by atoms with Crippen LogP contribution in [0, 0.1) is 0 Å². The lowest BCUT2D eigenvalue weighted by Crippen LogP contribution is -2.48. The van der Waals surface area contributed by atoms with E-state index in [1.807, 2.05) is 24.5 Å². The molecule has 0 radical (unpaired) electrons. The lowest BCUT2D eigenvalue weighted by Gasteiger charge is -2.35. The van der Waals surface area contributed by atoms with Gasteiger partial charge in [-0.15, -0.1) is 0 Å². The third-order valence-electron chi connectivity index (χ3n) is 7.19. The summed E-state index contributed by atoms with van der Waals surface area (Å²) in [4.78, 5) is 9.21. The number of benzene rings is 1. The normalized spacial score (nSPS) is 11.6. The summed E-state index contributed by atoms with van der Waals surface area (Å²) in [6.45, 7) is 14.7. The van der Waals surface area contributed by atoms with Crippen LogP contribution in [-0.4, -0.2) is 47.2 Å². The van der Waals surface area contributed by atoms with Crippen LogP contribution >= 0.6 is 0 Å². The molecule has 0 aliphatic carbocycles. The molecule has 184 valence electrons. The van der Waals surface area contributed by atoms with Gasteiger partial charge in [0.05, 0.1) is 32.8 Å². The van der Waals surface area contributed by atoms with E-state index in [9.17, 15) is 0 Å². The maximum atomic E-state index is 5.99. The molecular weight excluding hydrogens is 406 g/mol. The smallest absolute Gasteiger partial charge is 0.159 e. The standard InChI is InChI=1S/C29H48N3O/c1-5-9-10-11-12-13-14-15-17-26-24-30-29(31-25-26)27-18-20-28(21-19-27)33-23-16-22-32(6-2,7-3)8-4/h18-21,24-25H,5-17,22-23H2,1-4H3/q+1. The van der Waals surface area contributed by atoms with Gasteiger partial charge in [-0.2, -0.15) is 0 Å². The van der Waals surface area contributed by atoms with Crippen LogP contribution in [0.2, 0.25) is 0 Å². The number of nitrogens with zero attached hydrogens (tertiary/aromatic N) is 3. The Morgan fingerprint density at radius 2 is 1.27 bits per heavy atom. The van der Waals surface area contributed by atoms with Crippen molar-refractivity contribution in [1.29, 1.82) is 0 Å². The first-order valence-corrected chi connectivity index (χ1v) is 13.6. The molecule has 1 aromatic heterocycles. The van der Waals surface area contributed by atoms with Gasteiger partial charge in [0.2, 0.25) is 0 Å². The lowest BCUT2D eigenvalue weighted by molar-refractivity contribution is -0.923. The molecule has 2 aromatic rings. The van der Waals surface area contributed by atoms with Crippen molar-refractivity contribution in [3.05, 3.63) is 42.2 Å².